The molecule has 146 valence electrons. The van der Waals surface area contributed by atoms with E-state index in [2.05, 4.69) is 70.6 Å². The standard InChI is InChI=1S/C19H25N3.C4H8O/c1-16-3-7-18(8-4-16)21-11-13-22(14-12-21)19-9-5-17(6-10-19)15-20-2;1-2-3-4-5/h3-10,20H,11-15H2,1-2H3;4H,2-3H2,1H3. The first kappa shape index (κ1) is 21.0. The lowest BCUT2D eigenvalue weighted by molar-refractivity contribution is -0.107. The van der Waals surface area contributed by atoms with E-state index in [9.17, 15) is 4.79 Å². The number of benzene rings is 2. The summed E-state index contributed by atoms with van der Waals surface area (Å²) in [5.41, 5.74) is 5.34. The summed E-state index contributed by atoms with van der Waals surface area (Å²) in [5.74, 6) is 0. The van der Waals surface area contributed by atoms with Crippen LogP contribution in [0.5, 0.6) is 0 Å². The van der Waals surface area contributed by atoms with Crippen LogP contribution in [0.15, 0.2) is 48.5 Å². The summed E-state index contributed by atoms with van der Waals surface area (Å²) >= 11 is 0. The summed E-state index contributed by atoms with van der Waals surface area (Å²) in [6.45, 7) is 9.39. The number of carbonyl (C=O) groups is 1. The van der Waals surface area contributed by atoms with Crippen molar-refractivity contribution >= 4 is 17.7 Å². The predicted octanol–water partition coefficient (Wildman–Crippen LogP) is 4.03. The monoisotopic (exact) mass is 367 g/mol. The van der Waals surface area contributed by atoms with Crippen molar-refractivity contribution in [1.29, 1.82) is 0 Å². The van der Waals surface area contributed by atoms with Crippen LogP contribution in [0.25, 0.3) is 0 Å². The summed E-state index contributed by atoms with van der Waals surface area (Å²) in [4.78, 5) is 14.4. The molecule has 4 heteroatoms. The fourth-order valence-corrected chi connectivity index (χ4v) is 3.13. The lowest BCUT2D eigenvalue weighted by atomic mass is 10.1. The highest BCUT2D eigenvalue weighted by Gasteiger charge is 2.17. The van der Waals surface area contributed by atoms with Crippen molar-refractivity contribution in [2.45, 2.75) is 33.2 Å². The van der Waals surface area contributed by atoms with E-state index in [1.165, 1.54) is 22.5 Å². The normalized spacial score (nSPS) is 13.7. The van der Waals surface area contributed by atoms with Gasteiger partial charge in [-0.3, -0.25) is 0 Å². The molecule has 0 unspecified atom stereocenters. The second-order valence-corrected chi connectivity index (χ2v) is 6.96. The highest BCUT2D eigenvalue weighted by molar-refractivity contribution is 5.52. The first-order chi connectivity index (χ1) is 13.2. The molecular weight excluding hydrogens is 334 g/mol. The highest BCUT2D eigenvalue weighted by atomic mass is 16.1. The molecule has 0 aliphatic carbocycles. The van der Waals surface area contributed by atoms with Gasteiger partial charge in [0.25, 0.3) is 0 Å². The summed E-state index contributed by atoms with van der Waals surface area (Å²) < 4.78 is 0. The van der Waals surface area contributed by atoms with E-state index in [1.807, 2.05) is 14.0 Å². The van der Waals surface area contributed by atoms with E-state index in [4.69, 9.17) is 0 Å². The van der Waals surface area contributed by atoms with E-state index in [0.29, 0.717) is 6.42 Å². The second kappa shape index (κ2) is 11.4. The number of aryl methyl sites for hydroxylation is 1. The summed E-state index contributed by atoms with van der Waals surface area (Å²) in [6, 6.07) is 17.8. The molecule has 1 aliphatic heterocycles. The fraction of sp³-hybridized carbons (Fsp3) is 0.435. The Morgan fingerprint density at radius 3 is 1.74 bits per heavy atom. The third-order valence-electron chi connectivity index (χ3n) is 4.77. The molecular formula is C23H33N3O. The van der Waals surface area contributed by atoms with Gasteiger partial charge in [-0.2, -0.15) is 0 Å². The average molecular weight is 368 g/mol. The van der Waals surface area contributed by atoms with E-state index in [-0.39, 0.29) is 0 Å². The quantitative estimate of drug-likeness (QED) is 0.782. The maximum Gasteiger partial charge on any atom is 0.119 e. The number of carbonyl (C=O) groups excluding carboxylic acids is 1. The number of unbranched alkanes of at least 4 members (excludes halogenated alkanes) is 1. The Morgan fingerprint density at radius 1 is 0.889 bits per heavy atom. The van der Waals surface area contributed by atoms with Gasteiger partial charge < -0.3 is 19.9 Å². The minimum Gasteiger partial charge on any atom is -0.368 e. The molecule has 1 fully saturated rings. The zero-order chi connectivity index (χ0) is 19.5. The van der Waals surface area contributed by atoms with Gasteiger partial charge in [0.2, 0.25) is 0 Å². The molecule has 1 saturated heterocycles. The van der Waals surface area contributed by atoms with Crippen molar-refractivity contribution in [3.63, 3.8) is 0 Å². The number of aldehydes is 1. The number of hydrogen-bond donors (Lipinski definition) is 1. The van der Waals surface area contributed by atoms with Crippen LogP contribution in [-0.4, -0.2) is 39.5 Å². The third kappa shape index (κ3) is 6.72. The first-order valence-electron chi connectivity index (χ1n) is 9.91. The first-order valence-corrected chi connectivity index (χ1v) is 9.91. The van der Waals surface area contributed by atoms with Gasteiger partial charge in [0.1, 0.15) is 6.29 Å². The Hall–Kier alpha value is -2.33. The molecule has 1 heterocycles. The molecule has 1 N–H and O–H groups in total. The molecule has 0 aromatic heterocycles. The summed E-state index contributed by atoms with van der Waals surface area (Å²) in [6.07, 6.45) is 2.61. The number of hydrogen-bond acceptors (Lipinski definition) is 4. The van der Waals surface area contributed by atoms with Crippen molar-refractivity contribution in [2.75, 3.05) is 43.0 Å². The average Bonchev–Trinajstić information content (AvgIpc) is 2.71. The van der Waals surface area contributed by atoms with Gasteiger partial charge in [0.15, 0.2) is 0 Å². The molecule has 0 saturated carbocycles. The van der Waals surface area contributed by atoms with Crippen LogP contribution in [0.3, 0.4) is 0 Å². The Morgan fingerprint density at radius 2 is 1.37 bits per heavy atom. The van der Waals surface area contributed by atoms with Crippen molar-refractivity contribution in [2.24, 2.45) is 0 Å². The summed E-state index contributed by atoms with van der Waals surface area (Å²) in [5, 5.41) is 3.19. The van der Waals surface area contributed by atoms with Crippen LogP contribution < -0.4 is 15.1 Å². The molecule has 0 amide bonds. The van der Waals surface area contributed by atoms with Crippen LogP contribution in [0, 0.1) is 6.92 Å². The number of anilines is 2. The Labute approximate surface area is 164 Å². The molecule has 0 atom stereocenters. The van der Waals surface area contributed by atoms with Crippen LogP contribution in [-0.2, 0) is 11.3 Å². The van der Waals surface area contributed by atoms with Gasteiger partial charge in [-0.1, -0.05) is 36.8 Å². The Balaban J connectivity index is 0.000000465. The molecule has 0 spiro atoms. The van der Waals surface area contributed by atoms with Crippen LogP contribution >= 0.6 is 0 Å². The largest absolute Gasteiger partial charge is 0.368 e. The zero-order valence-electron chi connectivity index (χ0n) is 16.9. The molecule has 3 rings (SSSR count). The third-order valence-corrected chi connectivity index (χ3v) is 4.77. The molecule has 1 aliphatic rings. The number of nitrogens with zero attached hydrogens (tertiary/aromatic N) is 2. The molecule has 4 nitrogen and oxygen atoms in total. The van der Waals surface area contributed by atoms with E-state index in [0.717, 1.165) is 45.4 Å². The van der Waals surface area contributed by atoms with E-state index >= 15 is 0 Å². The molecule has 27 heavy (non-hydrogen) atoms. The Kier molecular flexibility index (Phi) is 8.85. The topological polar surface area (TPSA) is 35.6 Å². The maximum absolute atomic E-state index is 9.40. The number of rotatable bonds is 6. The lowest BCUT2D eigenvalue weighted by Crippen LogP contribution is -2.46. The minimum absolute atomic E-state index is 0.708. The minimum atomic E-state index is 0.708. The lowest BCUT2D eigenvalue weighted by Gasteiger charge is -2.37. The number of piperazine rings is 1. The molecule has 0 radical (unpaired) electrons. The van der Waals surface area contributed by atoms with Gasteiger partial charge in [0.05, 0.1) is 0 Å². The van der Waals surface area contributed by atoms with Crippen LogP contribution in [0.2, 0.25) is 0 Å². The van der Waals surface area contributed by atoms with Crippen LogP contribution in [0.1, 0.15) is 30.9 Å². The van der Waals surface area contributed by atoms with Gasteiger partial charge in [-0.15, -0.1) is 0 Å². The van der Waals surface area contributed by atoms with E-state index in [1.54, 1.807) is 0 Å². The fourth-order valence-electron chi connectivity index (χ4n) is 3.13. The molecule has 0 bridgehead atoms. The van der Waals surface area contributed by atoms with Crippen molar-refractivity contribution in [3.8, 4) is 0 Å². The van der Waals surface area contributed by atoms with E-state index < -0.39 is 0 Å². The SMILES string of the molecule is CCCC=O.CNCc1ccc(N2CCN(c3ccc(C)cc3)CC2)cc1. The van der Waals surface area contributed by atoms with Crippen molar-refractivity contribution in [3.05, 3.63) is 59.7 Å². The van der Waals surface area contributed by atoms with Crippen molar-refractivity contribution in [1.82, 2.24) is 5.32 Å². The van der Waals surface area contributed by atoms with Crippen LogP contribution in [0.4, 0.5) is 11.4 Å². The maximum atomic E-state index is 9.40. The smallest absolute Gasteiger partial charge is 0.119 e. The summed E-state index contributed by atoms with van der Waals surface area (Å²) in [7, 11) is 1.98. The van der Waals surface area contributed by atoms with Crippen molar-refractivity contribution < 1.29 is 4.79 Å². The zero-order valence-corrected chi connectivity index (χ0v) is 16.9. The van der Waals surface area contributed by atoms with Gasteiger partial charge in [0, 0.05) is 50.5 Å². The number of nitrogens with one attached hydrogen (secondary N) is 1. The predicted molar refractivity (Wildman–Crippen MR) is 116 cm³/mol. The molecule has 2 aromatic rings. The second-order valence-electron chi connectivity index (χ2n) is 6.96. The van der Waals surface area contributed by atoms with Gasteiger partial charge >= 0.3 is 0 Å². The van der Waals surface area contributed by atoms with Gasteiger partial charge in [-0.25, -0.2) is 0 Å². The Bertz CT molecular complexity index is 659. The molecule has 2 aromatic carbocycles. The highest BCUT2D eigenvalue weighted by Crippen LogP contribution is 2.21. The van der Waals surface area contributed by atoms with Gasteiger partial charge in [-0.05, 0) is 50.2 Å².